The maximum absolute atomic E-state index is 7.93. The largest absolute Gasteiger partial charge is 0.456 e. The lowest BCUT2D eigenvalue weighted by molar-refractivity contribution is 0.591. The molecule has 11 rings (SSSR count). The van der Waals surface area contributed by atoms with E-state index in [1.54, 1.807) is 0 Å². The van der Waals surface area contributed by atoms with Gasteiger partial charge >= 0.3 is 0 Å². The summed E-state index contributed by atoms with van der Waals surface area (Å²) in [7, 11) is 0. The number of benzene rings is 8. The van der Waals surface area contributed by atoms with Crippen LogP contribution in [0.15, 0.2) is 186 Å². The van der Waals surface area contributed by atoms with E-state index in [1.807, 2.05) is 66.7 Å². The van der Waals surface area contributed by atoms with E-state index in [2.05, 4.69) is 145 Å². The number of furan rings is 1. The molecule has 8 aromatic carbocycles. The maximum Gasteiger partial charge on any atom is 0.188 e. The van der Waals surface area contributed by atoms with Crippen molar-refractivity contribution >= 4 is 49.4 Å². The molecule has 3 aromatic heterocycles. The highest BCUT2D eigenvalue weighted by atomic mass is 16.3. The monoisotopic (exact) mass is 797 g/mol. The van der Waals surface area contributed by atoms with Gasteiger partial charge in [0, 0.05) is 44.0 Å². The third-order valence-corrected chi connectivity index (χ3v) is 11.8. The molecule has 6 nitrogen and oxygen atoms in total. The second-order valence-corrected chi connectivity index (χ2v) is 16.8. The van der Waals surface area contributed by atoms with E-state index in [4.69, 9.17) is 25.9 Å². The SMILES string of the molecule is [C-]#[N+]c1ccc2c(c1)c1cc(C(C)(C)C)ccc1n2-c1c(-c2ccccc2)cc(-c2nc(-c3ccccc3)nc(-c3ccc4c(c3)oc3ccccc34)n2)cc1-c1ccccc1. The lowest BCUT2D eigenvalue weighted by Gasteiger charge is -2.22. The fourth-order valence-electron chi connectivity index (χ4n) is 8.68. The minimum Gasteiger partial charge on any atom is -0.456 e. The van der Waals surface area contributed by atoms with Gasteiger partial charge in [0.2, 0.25) is 0 Å². The molecule has 62 heavy (non-hydrogen) atoms. The summed E-state index contributed by atoms with van der Waals surface area (Å²) in [5.74, 6) is 1.68. The summed E-state index contributed by atoms with van der Waals surface area (Å²) >= 11 is 0. The lowest BCUT2D eigenvalue weighted by Crippen LogP contribution is -2.10. The molecule has 0 amide bonds. The molecule has 0 saturated heterocycles. The van der Waals surface area contributed by atoms with Gasteiger partial charge in [-0.25, -0.2) is 19.8 Å². The first-order valence-corrected chi connectivity index (χ1v) is 20.8. The number of rotatable bonds is 6. The van der Waals surface area contributed by atoms with Gasteiger partial charge in [-0.3, -0.25) is 0 Å². The lowest BCUT2D eigenvalue weighted by atomic mass is 9.86. The van der Waals surface area contributed by atoms with Crippen molar-refractivity contribution in [2.24, 2.45) is 0 Å². The summed E-state index contributed by atoms with van der Waals surface area (Å²) in [6, 6.07) is 62.8. The molecule has 0 atom stereocenters. The summed E-state index contributed by atoms with van der Waals surface area (Å²) in [5, 5.41) is 4.26. The van der Waals surface area contributed by atoms with E-state index >= 15 is 0 Å². The first kappa shape index (κ1) is 36.9. The zero-order chi connectivity index (χ0) is 42.0. The third-order valence-electron chi connectivity index (χ3n) is 11.8. The minimum absolute atomic E-state index is 0.0636. The molecule has 0 fully saturated rings. The number of hydrogen-bond donors (Lipinski definition) is 0. The fraction of sp³-hybridized carbons (Fsp3) is 0.0714. The van der Waals surface area contributed by atoms with E-state index in [9.17, 15) is 0 Å². The van der Waals surface area contributed by atoms with Crippen molar-refractivity contribution in [1.82, 2.24) is 19.5 Å². The van der Waals surface area contributed by atoms with Gasteiger partial charge < -0.3 is 8.98 Å². The van der Waals surface area contributed by atoms with Crippen LogP contribution in [-0.2, 0) is 5.41 Å². The van der Waals surface area contributed by atoms with Crippen molar-refractivity contribution in [3.05, 3.63) is 199 Å². The Hall–Kier alpha value is -8.14. The minimum atomic E-state index is -0.0636. The molecule has 6 heteroatoms. The van der Waals surface area contributed by atoms with E-state index in [1.165, 1.54) is 5.56 Å². The highest BCUT2D eigenvalue weighted by Crippen LogP contribution is 2.45. The predicted octanol–water partition coefficient (Wildman–Crippen LogP) is 15.1. The molecule has 0 N–H and O–H groups in total. The Balaban J connectivity index is 1.22. The van der Waals surface area contributed by atoms with E-state index in [0.717, 1.165) is 88.4 Å². The molecule has 0 aliphatic rings. The highest BCUT2D eigenvalue weighted by molar-refractivity contribution is 6.12. The second kappa shape index (κ2) is 14.5. The molecular weight excluding hydrogens is 759 g/mol. The summed E-state index contributed by atoms with van der Waals surface area (Å²) < 4.78 is 8.72. The van der Waals surface area contributed by atoms with E-state index in [0.29, 0.717) is 23.2 Å². The molecule has 0 bridgehead atoms. The van der Waals surface area contributed by atoms with E-state index < -0.39 is 0 Å². The van der Waals surface area contributed by atoms with Crippen LogP contribution >= 0.6 is 0 Å². The first-order chi connectivity index (χ1) is 30.3. The quantitative estimate of drug-likeness (QED) is 0.157. The van der Waals surface area contributed by atoms with Crippen molar-refractivity contribution in [3.63, 3.8) is 0 Å². The number of para-hydroxylation sites is 1. The van der Waals surface area contributed by atoms with Crippen LogP contribution in [-0.4, -0.2) is 19.5 Å². The Morgan fingerprint density at radius 3 is 1.61 bits per heavy atom. The van der Waals surface area contributed by atoms with Crippen molar-refractivity contribution in [2.75, 3.05) is 0 Å². The Bertz CT molecular complexity index is 3490. The molecule has 0 aliphatic heterocycles. The number of hydrogen-bond acceptors (Lipinski definition) is 4. The van der Waals surface area contributed by atoms with Gasteiger partial charge in [-0.1, -0.05) is 148 Å². The van der Waals surface area contributed by atoms with Crippen molar-refractivity contribution in [3.8, 4) is 62.1 Å². The summed E-state index contributed by atoms with van der Waals surface area (Å²) in [4.78, 5) is 19.5. The van der Waals surface area contributed by atoms with Crippen LogP contribution < -0.4 is 0 Å². The van der Waals surface area contributed by atoms with Gasteiger partial charge in [0.1, 0.15) is 11.2 Å². The molecular formula is C56H39N5O. The van der Waals surface area contributed by atoms with Gasteiger partial charge in [-0.05, 0) is 82.1 Å². The third kappa shape index (κ3) is 6.31. The maximum atomic E-state index is 7.93. The zero-order valence-electron chi connectivity index (χ0n) is 34.5. The molecule has 11 aromatic rings. The Kier molecular flexibility index (Phi) is 8.66. The van der Waals surface area contributed by atoms with Gasteiger partial charge in [0.05, 0.1) is 23.3 Å². The van der Waals surface area contributed by atoms with Crippen LogP contribution in [0.25, 0.3) is 111 Å². The highest BCUT2D eigenvalue weighted by Gasteiger charge is 2.25. The van der Waals surface area contributed by atoms with Crippen LogP contribution in [0.1, 0.15) is 26.3 Å². The summed E-state index contributed by atoms with van der Waals surface area (Å²) in [6.07, 6.45) is 0. The normalized spacial score (nSPS) is 11.8. The van der Waals surface area contributed by atoms with Crippen LogP contribution in [0.4, 0.5) is 5.69 Å². The Morgan fingerprint density at radius 2 is 0.984 bits per heavy atom. The summed E-state index contributed by atoms with van der Waals surface area (Å²) in [6.45, 7) is 14.7. The van der Waals surface area contributed by atoms with Gasteiger partial charge in [-0.15, -0.1) is 0 Å². The van der Waals surface area contributed by atoms with Crippen LogP contribution in [0.3, 0.4) is 0 Å². The molecule has 0 unspecified atom stereocenters. The smallest absolute Gasteiger partial charge is 0.188 e. The number of fused-ring (bicyclic) bond motifs is 6. The second-order valence-electron chi connectivity index (χ2n) is 16.8. The molecule has 0 aliphatic carbocycles. The molecule has 0 radical (unpaired) electrons. The predicted molar refractivity (Wildman–Crippen MR) is 254 cm³/mol. The molecule has 0 spiro atoms. The Labute approximate surface area is 359 Å². The van der Waals surface area contributed by atoms with Crippen molar-refractivity contribution in [2.45, 2.75) is 26.2 Å². The average molecular weight is 798 g/mol. The van der Waals surface area contributed by atoms with E-state index in [-0.39, 0.29) is 5.41 Å². The van der Waals surface area contributed by atoms with Gasteiger partial charge in [0.25, 0.3) is 0 Å². The first-order valence-electron chi connectivity index (χ1n) is 20.8. The average Bonchev–Trinajstić information content (AvgIpc) is 3.86. The van der Waals surface area contributed by atoms with Crippen molar-refractivity contribution < 1.29 is 4.42 Å². The van der Waals surface area contributed by atoms with Gasteiger partial charge in [-0.2, -0.15) is 0 Å². The zero-order valence-corrected chi connectivity index (χ0v) is 34.5. The summed E-state index contributed by atoms with van der Waals surface area (Å²) in [5.41, 5.74) is 13.2. The molecule has 294 valence electrons. The topological polar surface area (TPSA) is 61.1 Å². The number of aromatic nitrogens is 4. The number of nitrogens with zero attached hydrogens (tertiary/aromatic N) is 5. The molecule has 3 heterocycles. The van der Waals surface area contributed by atoms with Crippen molar-refractivity contribution in [1.29, 1.82) is 0 Å². The van der Waals surface area contributed by atoms with Gasteiger partial charge in [0.15, 0.2) is 23.2 Å². The fourth-order valence-corrected chi connectivity index (χ4v) is 8.68. The van der Waals surface area contributed by atoms with Crippen LogP contribution in [0, 0.1) is 6.57 Å². The Morgan fingerprint density at radius 1 is 0.452 bits per heavy atom. The van der Waals surface area contributed by atoms with Crippen LogP contribution in [0.2, 0.25) is 0 Å². The van der Waals surface area contributed by atoms with Crippen LogP contribution in [0.5, 0.6) is 0 Å². The standard InChI is InChI=1S/C56H39N5O/c1-56(2,3)40-25-28-48-46(33-40)47-34-41(57-4)26-29-49(47)61(48)52-44(35-16-8-5-9-17-35)30-39(31-45(52)36-18-10-6-11-19-36)55-59-53(37-20-12-7-13-21-37)58-54(60-55)38-24-27-43-42-22-14-15-23-50(42)62-51(43)32-38/h5-34H,1-3H3. The molecule has 0 saturated carbocycles.